The van der Waals surface area contributed by atoms with Crippen molar-refractivity contribution < 1.29 is 24.2 Å². The highest BCUT2D eigenvalue weighted by Crippen LogP contribution is 2.29. The Hall–Kier alpha value is -3.79. The Balaban J connectivity index is 2.28. The monoisotopic (exact) mass is 394 g/mol. The molecule has 0 fully saturated rings. The Morgan fingerprint density at radius 1 is 1.14 bits per heavy atom. The number of benzene rings is 2. The summed E-state index contributed by atoms with van der Waals surface area (Å²) in [6, 6.07) is 12.3. The van der Waals surface area contributed by atoms with Crippen LogP contribution in [0, 0.1) is 25.2 Å². The van der Waals surface area contributed by atoms with E-state index < -0.39 is 18.5 Å². The largest absolute Gasteiger partial charge is 0.490 e. The third-order valence-electron chi connectivity index (χ3n) is 3.94. The van der Waals surface area contributed by atoms with Crippen molar-refractivity contribution in [1.82, 2.24) is 0 Å². The molecule has 7 heteroatoms. The van der Waals surface area contributed by atoms with Crippen molar-refractivity contribution in [2.45, 2.75) is 20.8 Å². The molecule has 0 heterocycles. The average molecular weight is 394 g/mol. The number of anilines is 1. The SMILES string of the molecule is CCOc1cc(/C=C(\C#N)C(=O)Nc2cc(C)ccc2C)ccc1OCC(=O)O. The van der Waals surface area contributed by atoms with Crippen LogP contribution in [-0.4, -0.2) is 30.2 Å². The molecule has 0 saturated heterocycles. The summed E-state index contributed by atoms with van der Waals surface area (Å²) in [4.78, 5) is 23.3. The molecule has 0 aromatic heterocycles. The lowest BCUT2D eigenvalue weighted by Gasteiger charge is -2.12. The van der Waals surface area contributed by atoms with E-state index in [1.54, 1.807) is 19.1 Å². The topological polar surface area (TPSA) is 109 Å². The minimum Gasteiger partial charge on any atom is -0.490 e. The molecular weight excluding hydrogens is 372 g/mol. The summed E-state index contributed by atoms with van der Waals surface area (Å²) in [7, 11) is 0. The van der Waals surface area contributed by atoms with Crippen molar-refractivity contribution in [2.75, 3.05) is 18.5 Å². The molecule has 2 aromatic rings. The maximum atomic E-state index is 12.5. The summed E-state index contributed by atoms with van der Waals surface area (Å²) in [5, 5.41) is 21.0. The molecule has 0 radical (unpaired) electrons. The van der Waals surface area contributed by atoms with E-state index >= 15 is 0 Å². The van der Waals surface area contributed by atoms with Crippen molar-refractivity contribution in [3.63, 3.8) is 0 Å². The molecule has 2 N–H and O–H groups in total. The molecule has 29 heavy (non-hydrogen) atoms. The summed E-state index contributed by atoms with van der Waals surface area (Å²) in [6.07, 6.45) is 1.43. The van der Waals surface area contributed by atoms with Crippen LogP contribution in [0.5, 0.6) is 11.5 Å². The van der Waals surface area contributed by atoms with Gasteiger partial charge in [0, 0.05) is 5.69 Å². The van der Waals surface area contributed by atoms with Gasteiger partial charge in [-0.05, 0) is 61.7 Å². The van der Waals surface area contributed by atoms with Gasteiger partial charge in [0.05, 0.1) is 6.61 Å². The zero-order chi connectivity index (χ0) is 21.4. The van der Waals surface area contributed by atoms with Crippen molar-refractivity contribution in [3.05, 3.63) is 58.7 Å². The lowest BCUT2D eigenvalue weighted by molar-refractivity contribution is -0.139. The number of hydrogen-bond acceptors (Lipinski definition) is 5. The van der Waals surface area contributed by atoms with Gasteiger partial charge in [-0.3, -0.25) is 4.79 Å². The zero-order valence-corrected chi connectivity index (χ0v) is 16.5. The van der Waals surface area contributed by atoms with Crippen LogP contribution >= 0.6 is 0 Å². The Labute approximate surface area is 169 Å². The smallest absolute Gasteiger partial charge is 0.341 e. The quantitative estimate of drug-likeness (QED) is 0.522. The number of carboxylic acids is 1. The second-order valence-corrected chi connectivity index (χ2v) is 6.26. The molecule has 0 saturated carbocycles. The molecule has 2 rings (SSSR count). The molecule has 0 unspecified atom stereocenters. The number of nitriles is 1. The lowest BCUT2D eigenvalue weighted by Crippen LogP contribution is -2.14. The number of aliphatic carboxylic acids is 1. The summed E-state index contributed by atoms with van der Waals surface area (Å²) >= 11 is 0. The van der Waals surface area contributed by atoms with Crippen LogP contribution in [0.25, 0.3) is 6.08 Å². The highest BCUT2D eigenvalue weighted by atomic mass is 16.5. The van der Waals surface area contributed by atoms with E-state index in [-0.39, 0.29) is 11.3 Å². The standard InChI is InChI=1S/C22H22N2O5/c1-4-28-20-11-16(7-8-19(20)29-13-21(25)26)10-17(12-23)22(27)24-18-9-14(2)5-6-15(18)3/h5-11H,4,13H2,1-3H3,(H,24,27)(H,25,26)/b17-10+. The summed E-state index contributed by atoms with van der Waals surface area (Å²) in [6.45, 7) is 5.40. The third kappa shape index (κ3) is 6.11. The minimum atomic E-state index is -1.11. The molecule has 0 aliphatic carbocycles. The van der Waals surface area contributed by atoms with Crippen LogP contribution in [0.2, 0.25) is 0 Å². The van der Waals surface area contributed by atoms with Crippen LogP contribution < -0.4 is 14.8 Å². The number of ether oxygens (including phenoxy) is 2. The van der Waals surface area contributed by atoms with Gasteiger partial charge >= 0.3 is 5.97 Å². The van der Waals surface area contributed by atoms with Gasteiger partial charge in [0.25, 0.3) is 5.91 Å². The van der Waals surface area contributed by atoms with Crippen LogP contribution in [0.3, 0.4) is 0 Å². The maximum absolute atomic E-state index is 12.5. The lowest BCUT2D eigenvalue weighted by atomic mass is 10.1. The van der Waals surface area contributed by atoms with Gasteiger partial charge in [0.2, 0.25) is 0 Å². The summed E-state index contributed by atoms with van der Waals surface area (Å²) in [5.74, 6) is -1.03. The van der Waals surface area contributed by atoms with Gasteiger partial charge in [-0.1, -0.05) is 18.2 Å². The second-order valence-electron chi connectivity index (χ2n) is 6.26. The number of carbonyl (C=O) groups is 2. The molecule has 2 aromatic carbocycles. The van der Waals surface area contributed by atoms with Gasteiger partial charge in [-0.2, -0.15) is 5.26 Å². The highest BCUT2D eigenvalue weighted by Gasteiger charge is 2.13. The Bertz CT molecular complexity index is 989. The van der Waals surface area contributed by atoms with E-state index in [9.17, 15) is 14.9 Å². The minimum absolute atomic E-state index is 0.0763. The van der Waals surface area contributed by atoms with Crippen LogP contribution in [0.4, 0.5) is 5.69 Å². The van der Waals surface area contributed by atoms with Crippen molar-refractivity contribution in [1.29, 1.82) is 5.26 Å². The Morgan fingerprint density at radius 3 is 2.55 bits per heavy atom. The molecule has 1 amide bonds. The number of aryl methyl sites for hydroxylation is 2. The predicted octanol–water partition coefficient (Wildman–Crippen LogP) is 3.71. The van der Waals surface area contributed by atoms with Gasteiger partial charge < -0.3 is 19.9 Å². The number of hydrogen-bond donors (Lipinski definition) is 2. The first-order chi connectivity index (χ1) is 13.8. The molecule has 0 bridgehead atoms. The number of nitrogens with one attached hydrogen (secondary N) is 1. The first kappa shape index (κ1) is 21.5. The van der Waals surface area contributed by atoms with Crippen molar-refractivity contribution in [3.8, 4) is 17.6 Å². The molecule has 0 aliphatic rings. The van der Waals surface area contributed by atoms with E-state index in [1.165, 1.54) is 12.1 Å². The van der Waals surface area contributed by atoms with Gasteiger partial charge in [0.1, 0.15) is 11.6 Å². The zero-order valence-electron chi connectivity index (χ0n) is 16.5. The average Bonchev–Trinajstić information content (AvgIpc) is 2.68. The predicted molar refractivity (Wildman–Crippen MR) is 109 cm³/mol. The number of carbonyl (C=O) groups excluding carboxylic acids is 1. The number of amides is 1. The Morgan fingerprint density at radius 2 is 1.90 bits per heavy atom. The fourth-order valence-corrected chi connectivity index (χ4v) is 2.52. The van der Waals surface area contributed by atoms with E-state index in [4.69, 9.17) is 14.6 Å². The highest BCUT2D eigenvalue weighted by molar-refractivity contribution is 6.10. The maximum Gasteiger partial charge on any atom is 0.341 e. The second kappa shape index (κ2) is 9.95. The molecule has 0 atom stereocenters. The number of nitrogens with zero attached hydrogens (tertiary/aromatic N) is 1. The van der Waals surface area contributed by atoms with E-state index in [0.717, 1.165) is 11.1 Å². The summed E-state index contributed by atoms with van der Waals surface area (Å²) < 4.78 is 10.7. The molecule has 0 spiro atoms. The van der Waals surface area contributed by atoms with Crippen LogP contribution in [0.1, 0.15) is 23.6 Å². The molecule has 7 nitrogen and oxygen atoms in total. The summed E-state index contributed by atoms with van der Waals surface area (Å²) in [5.41, 5.74) is 2.99. The third-order valence-corrected chi connectivity index (χ3v) is 3.94. The fraction of sp³-hybridized carbons (Fsp3) is 0.227. The van der Waals surface area contributed by atoms with Crippen LogP contribution in [-0.2, 0) is 9.59 Å². The number of rotatable bonds is 8. The fourth-order valence-electron chi connectivity index (χ4n) is 2.52. The Kier molecular flexibility index (Phi) is 7.38. The number of carboxylic acid groups (broad SMARTS) is 1. The molecule has 0 aliphatic heterocycles. The molecule has 150 valence electrons. The van der Waals surface area contributed by atoms with Crippen LogP contribution in [0.15, 0.2) is 42.0 Å². The van der Waals surface area contributed by atoms with E-state index in [2.05, 4.69) is 5.32 Å². The normalized spacial score (nSPS) is 10.8. The van der Waals surface area contributed by atoms with E-state index in [0.29, 0.717) is 23.6 Å². The van der Waals surface area contributed by atoms with Gasteiger partial charge in [-0.25, -0.2) is 4.79 Å². The van der Waals surface area contributed by atoms with Gasteiger partial charge in [0.15, 0.2) is 18.1 Å². The first-order valence-electron chi connectivity index (χ1n) is 8.96. The van der Waals surface area contributed by atoms with Crippen molar-refractivity contribution >= 4 is 23.6 Å². The van der Waals surface area contributed by atoms with E-state index in [1.807, 2.05) is 38.1 Å². The molecular formula is C22H22N2O5. The van der Waals surface area contributed by atoms with Gasteiger partial charge in [-0.15, -0.1) is 0 Å². The first-order valence-corrected chi connectivity index (χ1v) is 8.96. The van der Waals surface area contributed by atoms with Crippen molar-refractivity contribution in [2.24, 2.45) is 0 Å².